The lowest BCUT2D eigenvalue weighted by Crippen LogP contribution is -2.12. The Morgan fingerprint density at radius 1 is 1.28 bits per heavy atom. The number of nitrogens with two attached hydrogens (primary N) is 1. The predicted octanol–water partition coefficient (Wildman–Crippen LogP) is 3.92. The van der Waals surface area contributed by atoms with Crippen molar-refractivity contribution in [2.45, 2.75) is 25.7 Å². The van der Waals surface area contributed by atoms with Crippen molar-refractivity contribution in [3.8, 4) is 0 Å². The minimum Gasteiger partial charge on any atom is -0.462 e. The summed E-state index contributed by atoms with van der Waals surface area (Å²) in [5.74, 6) is 0.0966. The number of hydrogen-bond donors (Lipinski definition) is 1. The highest BCUT2D eigenvalue weighted by Crippen LogP contribution is 2.29. The lowest BCUT2D eigenvalue weighted by Gasteiger charge is -2.11. The number of ether oxygens (including phenoxy) is 1. The van der Waals surface area contributed by atoms with Crippen molar-refractivity contribution < 1.29 is 9.53 Å². The number of rotatable bonds is 3. The SMILES string of the molecule is Nc1c(Cl)cc(C(=O)OCC2CCCC2)cc1Cl. The quantitative estimate of drug-likeness (QED) is 0.677. The fourth-order valence-electron chi connectivity index (χ4n) is 2.16. The zero-order valence-corrected chi connectivity index (χ0v) is 11.4. The molecule has 0 aliphatic heterocycles. The van der Waals surface area contributed by atoms with Gasteiger partial charge in [-0.25, -0.2) is 4.79 Å². The number of nitrogen functional groups attached to an aromatic ring is 1. The van der Waals surface area contributed by atoms with Crippen molar-refractivity contribution in [3.05, 3.63) is 27.7 Å². The van der Waals surface area contributed by atoms with Crippen molar-refractivity contribution in [3.63, 3.8) is 0 Å². The lowest BCUT2D eigenvalue weighted by molar-refractivity contribution is 0.0442. The molecule has 1 fully saturated rings. The standard InChI is InChI=1S/C13H15Cl2NO2/c14-10-5-9(6-11(15)12(10)16)13(17)18-7-8-3-1-2-4-8/h5-6,8H,1-4,7,16H2. The van der Waals surface area contributed by atoms with E-state index in [-0.39, 0.29) is 15.7 Å². The summed E-state index contributed by atoms with van der Waals surface area (Å²) in [4.78, 5) is 11.8. The van der Waals surface area contributed by atoms with E-state index in [1.807, 2.05) is 0 Å². The fraction of sp³-hybridized carbons (Fsp3) is 0.462. The van der Waals surface area contributed by atoms with E-state index >= 15 is 0 Å². The second kappa shape index (κ2) is 5.81. The second-order valence-corrected chi connectivity index (χ2v) is 5.42. The molecule has 1 aromatic carbocycles. The van der Waals surface area contributed by atoms with Gasteiger partial charge in [0, 0.05) is 0 Å². The highest BCUT2D eigenvalue weighted by atomic mass is 35.5. The summed E-state index contributed by atoms with van der Waals surface area (Å²) in [5.41, 5.74) is 6.24. The van der Waals surface area contributed by atoms with Gasteiger partial charge in [0.05, 0.1) is 27.9 Å². The van der Waals surface area contributed by atoms with E-state index in [1.165, 1.54) is 25.0 Å². The van der Waals surface area contributed by atoms with E-state index in [1.54, 1.807) is 0 Å². The Hall–Kier alpha value is -0.930. The van der Waals surface area contributed by atoms with Crippen LogP contribution in [0.15, 0.2) is 12.1 Å². The van der Waals surface area contributed by atoms with Crippen LogP contribution in [0.2, 0.25) is 10.0 Å². The van der Waals surface area contributed by atoms with E-state index in [2.05, 4.69) is 0 Å². The van der Waals surface area contributed by atoms with Gasteiger partial charge in [0.15, 0.2) is 0 Å². The Labute approximate surface area is 116 Å². The number of carbonyl (C=O) groups is 1. The van der Waals surface area contributed by atoms with Gasteiger partial charge >= 0.3 is 5.97 Å². The molecule has 98 valence electrons. The van der Waals surface area contributed by atoms with Crippen LogP contribution in [-0.2, 0) is 4.74 Å². The first kappa shape index (κ1) is 13.5. The van der Waals surface area contributed by atoms with Crippen LogP contribution in [0.25, 0.3) is 0 Å². The van der Waals surface area contributed by atoms with Gasteiger partial charge in [0.2, 0.25) is 0 Å². The first-order valence-corrected chi connectivity index (χ1v) is 6.75. The van der Waals surface area contributed by atoms with Gasteiger partial charge < -0.3 is 10.5 Å². The Morgan fingerprint density at radius 2 is 1.83 bits per heavy atom. The second-order valence-electron chi connectivity index (χ2n) is 4.60. The molecule has 0 radical (unpaired) electrons. The largest absolute Gasteiger partial charge is 0.462 e. The molecule has 0 amide bonds. The average molecular weight is 288 g/mol. The molecule has 1 saturated carbocycles. The van der Waals surface area contributed by atoms with Gasteiger partial charge in [-0.05, 0) is 30.9 Å². The third kappa shape index (κ3) is 3.09. The molecule has 1 aliphatic carbocycles. The van der Waals surface area contributed by atoms with Crippen LogP contribution in [0.5, 0.6) is 0 Å². The first-order valence-electron chi connectivity index (χ1n) is 5.99. The third-order valence-electron chi connectivity index (χ3n) is 3.24. The average Bonchev–Trinajstić information content (AvgIpc) is 2.85. The molecule has 0 atom stereocenters. The van der Waals surface area contributed by atoms with Gasteiger partial charge in [0.1, 0.15) is 0 Å². The van der Waals surface area contributed by atoms with Crippen LogP contribution in [0.3, 0.4) is 0 Å². The van der Waals surface area contributed by atoms with Crippen LogP contribution < -0.4 is 5.73 Å². The van der Waals surface area contributed by atoms with Crippen LogP contribution in [0.4, 0.5) is 5.69 Å². The fourth-order valence-corrected chi connectivity index (χ4v) is 2.64. The minimum atomic E-state index is -0.398. The molecule has 0 saturated heterocycles. The number of esters is 1. The van der Waals surface area contributed by atoms with Gasteiger partial charge in [-0.1, -0.05) is 36.0 Å². The van der Waals surface area contributed by atoms with Crippen molar-refractivity contribution >= 4 is 34.9 Å². The number of carbonyl (C=O) groups excluding carboxylic acids is 1. The van der Waals surface area contributed by atoms with Gasteiger partial charge in [-0.2, -0.15) is 0 Å². The Balaban J connectivity index is 2.00. The molecular weight excluding hydrogens is 273 g/mol. The molecule has 0 spiro atoms. The summed E-state index contributed by atoms with van der Waals surface area (Å²) in [7, 11) is 0. The van der Waals surface area contributed by atoms with Crippen molar-refractivity contribution in [2.24, 2.45) is 5.92 Å². The monoisotopic (exact) mass is 287 g/mol. The summed E-state index contributed by atoms with van der Waals surface area (Å²) in [6.07, 6.45) is 4.72. The predicted molar refractivity (Wildman–Crippen MR) is 73.1 cm³/mol. The van der Waals surface area contributed by atoms with E-state index < -0.39 is 5.97 Å². The Bertz CT molecular complexity index is 433. The molecule has 2 rings (SSSR count). The van der Waals surface area contributed by atoms with Crippen LogP contribution >= 0.6 is 23.2 Å². The Kier molecular flexibility index (Phi) is 4.36. The molecular formula is C13H15Cl2NO2. The van der Waals surface area contributed by atoms with Crippen molar-refractivity contribution in [1.82, 2.24) is 0 Å². The molecule has 1 aliphatic rings. The normalized spacial score (nSPS) is 15.9. The maximum absolute atomic E-state index is 11.8. The summed E-state index contributed by atoms with van der Waals surface area (Å²) < 4.78 is 5.26. The lowest BCUT2D eigenvalue weighted by atomic mass is 10.1. The van der Waals surface area contributed by atoms with E-state index in [4.69, 9.17) is 33.7 Å². The Morgan fingerprint density at radius 3 is 2.39 bits per heavy atom. The number of hydrogen-bond acceptors (Lipinski definition) is 3. The maximum Gasteiger partial charge on any atom is 0.338 e. The molecule has 0 bridgehead atoms. The van der Waals surface area contributed by atoms with Gasteiger partial charge in [0.25, 0.3) is 0 Å². The number of anilines is 1. The molecule has 0 heterocycles. The van der Waals surface area contributed by atoms with Crippen molar-refractivity contribution in [1.29, 1.82) is 0 Å². The zero-order chi connectivity index (χ0) is 13.1. The van der Waals surface area contributed by atoms with Crippen molar-refractivity contribution in [2.75, 3.05) is 12.3 Å². The van der Waals surface area contributed by atoms with Gasteiger partial charge in [-0.15, -0.1) is 0 Å². The van der Waals surface area contributed by atoms with Crippen LogP contribution in [0, 0.1) is 5.92 Å². The molecule has 5 heteroatoms. The summed E-state index contributed by atoms with van der Waals surface area (Å²) in [6.45, 7) is 0.471. The van der Waals surface area contributed by atoms with E-state index in [0.29, 0.717) is 18.1 Å². The first-order chi connectivity index (χ1) is 8.58. The molecule has 0 aromatic heterocycles. The molecule has 3 nitrogen and oxygen atoms in total. The molecule has 1 aromatic rings. The summed E-state index contributed by atoms with van der Waals surface area (Å²) in [5, 5.41) is 0.547. The maximum atomic E-state index is 11.8. The summed E-state index contributed by atoms with van der Waals surface area (Å²) >= 11 is 11.7. The molecule has 18 heavy (non-hydrogen) atoms. The van der Waals surface area contributed by atoms with Gasteiger partial charge in [-0.3, -0.25) is 0 Å². The smallest absolute Gasteiger partial charge is 0.338 e. The third-order valence-corrected chi connectivity index (χ3v) is 3.87. The van der Waals surface area contributed by atoms with E-state index in [9.17, 15) is 4.79 Å². The highest BCUT2D eigenvalue weighted by molar-refractivity contribution is 6.39. The zero-order valence-electron chi connectivity index (χ0n) is 9.92. The number of benzene rings is 1. The van der Waals surface area contributed by atoms with E-state index in [0.717, 1.165) is 12.8 Å². The molecule has 2 N–H and O–H groups in total. The highest BCUT2D eigenvalue weighted by Gasteiger charge is 2.18. The summed E-state index contributed by atoms with van der Waals surface area (Å²) in [6, 6.07) is 2.97. The molecule has 0 unspecified atom stereocenters. The topological polar surface area (TPSA) is 52.3 Å². The van der Waals surface area contributed by atoms with Crippen LogP contribution in [0.1, 0.15) is 36.0 Å². The van der Waals surface area contributed by atoms with Crippen LogP contribution in [-0.4, -0.2) is 12.6 Å². The number of halogens is 2. The minimum absolute atomic E-state index is 0.273.